The summed E-state index contributed by atoms with van der Waals surface area (Å²) in [7, 11) is 0. The van der Waals surface area contributed by atoms with Crippen LogP contribution in [0.4, 0.5) is 14.5 Å². The molecule has 0 saturated heterocycles. The lowest BCUT2D eigenvalue weighted by Gasteiger charge is -2.15. The molecule has 3 aromatic carbocycles. The lowest BCUT2D eigenvalue weighted by molar-refractivity contribution is -0.119. The third kappa shape index (κ3) is 3.88. The third-order valence-corrected chi connectivity index (χ3v) is 5.96. The molecule has 0 spiro atoms. The van der Waals surface area contributed by atoms with Crippen LogP contribution < -0.4 is 4.90 Å². The number of imide groups is 1. The molecule has 0 radical (unpaired) electrons. The summed E-state index contributed by atoms with van der Waals surface area (Å²) in [4.78, 5) is 27.5. The molecule has 7 heteroatoms. The zero-order valence-corrected chi connectivity index (χ0v) is 17.0. The van der Waals surface area contributed by atoms with E-state index in [1.165, 1.54) is 17.8 Å². The summed E-state index contributed by atoms with van der Waals surface area (Å²) in [6.45, 7) is 0. The number of anilines is 1. The van der Waals surface area contributed by atoms with Gasteiger partial charge < -0.3 is 0 Å². The number of carbonyl (C=O) groups is 2. The molecule has 1 aliphatic rings. The van der Waals surface area contributed by atoms with Crippen molar-refractivity contribution in [2.24, 2.45) is 0 Å². The van der Waals surface area contributed by atoms with Gasteiger partial charge in [0.2, 0.25) is 0 Å². The first-order valence-electron chi connectivity index (χ1n) is 8.96. The number of halogens is 3. The van der Waals surface area contributed by atoms with Gasteiger partial charge in [0.1, 0.15) is 0 Å². The molecule has 0 fully saturated rings. The second-order valence-electron chi connectivity index (χ2n) is 6.53. The van der Waals surface area contributed by atoms with E-state index in [0.29, 0.717) is 16.3 Å². The fraction of sp³-hybridized carbons (Fsp3) is 0.0435. The normalized spacial score (nSPS) is 14.0. The average molecular weight is 442 g/mol. The van der Waals surface area contributed by atoms with Gasteiger partial charge in [0, 0.05) is 16.8 Å². The van der Waals surface area contributed by atoms with Gasteiger partial charge in [-0.2, -0.15) is 0 Å². The highest BCUT2D eigenvalue weighted by atomic mass is 35.5. The van der Waals surface area contributed by atoms with Gasteiger partial charge in [-0.25, -0.2) is 13.7 Å². The summed E-state index contributed by atoms with van der Waals surface area (Å²) in [6, 6.07) is 19.0. The fourth-order valence-electron chi connectivity index (χ4n) is 3.10. The Bertz CT molecular complexity index is 1160. The summed E-state index contributed by atoms with van der Waals surface area (Å²) in [5, 5.41) is 0.493. The van der Waals surface area contributed by atoms with Crippen LogP contribution >= 0.6 is 23.4 Å². The van der Waals surface area contributed by atoms with Crippen LogP contribution in [0.5, 0.6) is 0 Å². The number of carbonyl (C=O) groups excluding carboxylic acids is 2. The van der Waals surface area contributed by atoms with E-state index in [2.05, 4.69) is 0 Å². The maximum absolute atomic E-state index is 13.8. The fourth-order valence-corrected chi connectivity index (χ4v) is 4.30. The molecule has 0 unspecified atom stereocenters. The molecular weight excluding hydrogens is 428 g/mol. The number of thioether (sulfide) groups is 1. The van der Waals surface area contributed by atoms with Gasteiger partial charge >= 0.3 is 0 Å². The molecule has 0 aromatic heterocycles. The molecule has 30 heavy (non-hydrogen) atoms. The van der Waals surface area contributed by atoms with Gasteiger partial charge in [-0.05, 0) is 35.4 Å². The highest BCUT2D eigenvalue weighted by Crippen LogP contribution is 2.40. The Morgan fingerprint density at radius 1 is 0.833 bits per heavy atom. The van der Waals surface area contributed by atoms with Crippen LogP contribution in [0.2, 0.25) is 5.02 Å². The Labute approximate surface area is 181 Å². The molecule has 3 nitrogen and oxygen atoms in total. The van der Waals surface area contributed by atoms with Crippen LogP contribution in [-0.2, 0) is 15.3 Å². The highest BCUT2D eigenvalue weighted by molar-refractivity contribution is 8.03. The minimum absolute atomic E-state index is 0.0225. The number of rotatable bonds is 5. The topological polar surface area (TPSA) is 37.4 Å². The predicted molar refractivity (Wildman–Crippen MR) is 115 cm³/mol. The maximum Gasteiger partial charge on any atom is 0.272 e. The van der Waals surface area contributed by atoms with Gasteiger partial charge in [-0.1, -0.05) is 54.1 Å². The van der Waals surface area contributed by atoms with E-state index in [0.717, 1.165) is 22.6 Å². The van der Waals surface area contributed by atoms with Crippen LogP contribution in [0.15, 0.2) is 77.7 Å². The van der Waals surface area contributed by atoms with Crippen LogP contribution in [0.25, 0.3) is 5.57 Å². The van der Waals surface area contributed by atoms with Gasteiger partial charge in [0.15, 0.2) is 11.6 Å². The average Bonchev–Trinajstić information content (AvgIpc) is 2.99. The van der Waals surface area contributed by atoms with Gasteiger partial charge in [0.05, 0.1) is 16.2 Å². The van der Waals surface area contributed by atoms with Crippen molar-refractivity contribution in [1.29, 1.82) is 0 Å². The Morgan fingerprint density at radius 3 is 2.20 bits per heavy atom. The van der Waals surface area contributed by atoms with Gasteiger partial charge in [0.25, 0.3) is 11.8 Å². The van der Waals surface area contributed by atoms with E-state index in [4.69, 9.17) is 11.6 Å². The van der Waals surface area contributed by atoms with E-state index in [-0.39, 0.29) is 16.2 Å². The zero-order valence-electron chi connectivity index (χ0n) is 15.4. The van der Waals surface area contributed by atoms with Crippen molar-refractivity contribution < 1.29 is 18.4 Å². The zero-order chi connectivity index (χ0) is 21.3. The number of hydrogen-bond donors (Lipinski definition) is 0. The summed E-state index contributed by atoms with van der Waals surface area (Å²) in [5.74, 6) is -2.88. The van der Waals surface area contributed by atoms with Crippen LogP contribution in [0.3, 0.4) is 0 Å². The standard InChI is InChI=1S/C23H14ClF2NO2S/c24-16-8-6-15(7-9-16)20-21(30-13-14-4-2-1-3-5-14)23(29)27(22(20)28)17-10-11-18(25)19(26)12-17/h1-12H,13H2. The lowest BCUT2D eigenvalue weighted by Crippen LogP contribution is -2.31. The number of amides is 2. The molecule has 0 atom stereocenters. The second-order valence-corrected chi connectivity index (χ2v) is 7.95. The molecule has 4 rings (SSSR count). The van der Waals surface area contributed by atoms with Crippen molar-refractivity contribution in [3.05, 3.63) is 105 Å². The molecule has 150 valence electrons. The van der Waals surface area contributed by atoms with Crippen molar-refractivity contribution >= 4 is 46.4 Å². The maximum atomic E-state index is 13.8. The van der Waals surface area contributed by atoms with E-state index in [9.17, 15) is 18.4 Å². The predicted octanol–water partition coefficient (Wildman–Crippen LogP) is 5.84. The minimum Gasteiger partial charge on any atom is -0.268 e. The lowest BCUT2D eigenvalue weighted by atomic mass is 10.1. The Kier molecular flexibility index (Phi) is 5.70. The Morgan fingerprint density at radius 2 is 1.53 bits per heavy atom. The summed E-state index contributed by atoms with van der Waals surface area (Å²) in [5.41, 5.74) is 1.70. The van der Waals surface area contributed by atoms with E-state index >= 15 is 0 Å². The monoisotopic (exact) mass is 441 g/mol. The smallest absolute Gasteiger partial charge is 0.268 e. The van der Waals surface area contributed by atoms with E-state index < -0.39 is 23.4 Å². The molecule has 3 aromatic rings. The summed E-state index contributed by atoms with van der Waals surface area (Å²) >= 11 is 7.19. The molecule has 0 bridgehead atoms. The van der Waals surface area contributed by atoms with E-state index in [1.807, 2.05) is 30.3 Å². The van der Waals surface area contributed by atoms with Crippen molar-refractivity contribution in [3.63, 3.8) is 0 Å². The molecule has 0 aliphatic carbocycles. The Balaban J connectivity index is 1.75. The first-order valence-corrected chi connectivity index (χ1v) is 10.3. The third-order valence-electron chi connectivity index (χ3n) is 4.56. The summed E-state index contributed by atoms with van der Waals surface area (Å²) in [6.07, 6.45) is 0. The molecule has 0 N–H and O–H groups in total. The Hall–Kier alpha value is -2.96. The number of nitrogens with zero attached hydrogens (tertiary/aromatic N) is 1. The van der Waals surface area contributed by atoms with Crippen molar-refractivity contribution in [2.75, 3.05) is 4.90 Å². The quantitative estimate of drug-likeness (QED) is 0.467. The van der Waals surface area contributed by atoms with Gasteiger partial charge in [-0.3, -0.25) is 9.59 Å². The minimum atomic E-state index is -1.13. The number of benzene rings is 3. The first kappa shape index (κ1) is 20.3. The molecule has 1 aliphatic heterocycles. The van der Waals surface area contributed by atoms with Crippen LogP contribution in [0.1, 0.15) is 11.1 Å². The molecule has 1 heterocycles. The largest absolute Gasteiger partial charge is 0.272 e. The first-order chi connectivity index (χ1) is 14.5. The van der Waals surface area contributed by atoms with Crippen molar-refractivity contribution in [1.82, 2.24) is 0 Å². The van der Waals surface area contributed by atoms with Crippen molar-refractivity contribution in [2.45, 2.75) is 5.75 Å². The number of hydrogen-bond acceptors (Lipinski definition) is 3. The molecule has 2 amide bonds. The highest BCUT2D eigenvalue weighted by Gasteiger charge is 2.40. The molecule has 0 saturated carbocycles. The SMILES string of the molecule is O=C1C(SCc2ccccc2)=C(c2ccc(Cl)cc2)C(=O)N1c1ccc(F)c(F)c1. The van der Waals surface area contributed by atoms with Crippen LogP contribution in [0, 0.1) is 11.6 Å². The van der Waals surface area contributed by atoms with Crippen molar-refractivity contribution in [3.8, 4) is 0 Å². The van der Waals surface area contributed by atoms with E-state index in [1.54, 1.807) is 24.3 Å². The van der Waals surface area contributed by atoms with Crippen LogP contribution in [-0.4, -0.2) is 11.8 Å². The summed E-state index contributed by atoms with van der Waals surface area (Å²) < 4.78 is 27.1. The second kappa shape index (κ2) is 8.42. The molecular formula is C23H14ClF2NO2S. The van der Waals surface area contributed by atoms with Gasteiger partial charge in [-0.15, -0.1) is 11.8 Å².